The van der Waals surface area contributed by atoms with Crippen LogP contribution in [0.25, 0.3) is 16.3 Å². The molecule has 2 aromatic carbocycles. The SMILES string of the molecule is Cc1ccc(-n2nccn2)c(C(=O)N2CCOCC2Cc2cccc(-c3nccs3)c2)c1. The van der Waals surface area contributed by atoms with Gasteiger partial charge in [-0.05, 0) is 37.1 Å². The highest BCUT2D eigenvalue weighted by Gasteiger charge is 2.30. The van der Waals surface area contributed by atoms with E-state index in [1.54, 1.807) is 23.7 Å². The molecule has 162 valence electrons. The zero-order valence-electron chi connectivity index (χ0n) is 17.7. The van der Waals surface area contributed by atoms with Crippen LogP contribution in [0, 0.1) is 6.92 Å². The Labute approximate surface area is 190 Å². The second kappa shape index (κ2) is 9.02. The van der Waals surface area contributed by atoms with E-state index in [1.807, 2.05) is 47.7 Å². The molecular weight excluding hydrogens is 422 g/mol. The van der Waals surface area contributed by atoms with E-state index >= 15 is 0 Å². The third-order valence-electron chi connectivity index (χ3n) is 5.58. The van der Waals surface area contributed by atoms with E-state index < -0.39 is 0 Å². The van der Waals surface area contributed by atoms with Gasteiger partial charge in [0.15, 0.2) is 0 Å². The highest BCUT2D eigenvalue weighted by molar-refractivity contribution is 7.13. The molecule has 0 N–H and O–H groups in total. The van der Waals surface area contributed by atoms with Gasteiger partial charge in [-0.25, -0.2) is 4.98 Å². The van der Waals surface area contributed by atoms with Gasteiger partial charge < -0.3 is 9.64 Å². The second-order valence-corrected chi connectivity index (χ2v) is 8.70. The Morgan fingerprint density at radius 3 is 2.84 bits per heavy atom. The van der Waals surface area contributed by atoms with Crippen LogP contribution in [0.1, 0.15) is 21.5 Å². The summed E-state index contributed by atoms with van der Waals surface area (Å²) >= 11 is 1.62. The standard InChI is InChI=1S/C24H23N5O2S/c1-17-5-6-22(29-26-7-8-27-29)21(13-17)24(30)28-10-11-31-16-20(28)15-18-3-2-4-19(14-18)23-25-9-12-32-23/h2-9,12-14,20H,10-11,15-16H2,1H3. The molecule has 3 heterocycles. The topological polar surface area (TPSA) is 73.1 Å². The number of carbonyl (C=O) groups excluding carboxylic acids is 1. The van der Waals surface area contributed by atoms with Crippen molar-refractivity contribution in [2.24, 2.45) is 0 Å². The van der Waals surface area contributed by atoms with Crippen LogP contribution in [0.15, 0.2) is 66.4 Å². The number of rotatable bonds is 5. The third-order valence-corrected chi connectivity index (χ3v) is 6.40. The normalized spacial score (nSPS) is 16.3. The van der Waals surface area contributed by atoms with Crippen LogP contribution in [0.5, 0.6) is 0 Å². The zero-order chi connectivity index (χ0) is 21.9. The summed E-state index contributed by atoms with van der Waals surface area (Å²) in [5, 5.41) is 11.4. The molecule has 32 heavy (non-hydrogen) atoms. The van der Waals surface area contributed by atoms with E-state index in [-0.39, 0.29) is 11.9 Å². The molecule has 0 spiro atoms. The van der Waals surface area contributed by atoms with Crippen LogP contribution in [-0.4, -0.2) is 56.6 Å². The predicted octanol–water partition coefficient (Wildman–Crippen LogP) is 3.78. The van der Waals surface area contributed by atoms with Crippen molar-refractivity contribution >= 4 is 17.2 Å². The van der Waals surface area contributed by atoms with Gasteiger partial charge in [-0.1, -0.05) is 29.8 Å². The number of hydrogen-bond acceptors (Lipinski definition) is 6. The van der Waals surface area contributed by atoms with E-state index in [4.69, 9.17) is 4.74 Å². The van der Waals surface area contributed by atoms with Gasteiger partial charge >= 0.3 is 0 Å². The highest BCUT2D eigenvalue weighted by atomic mass is 32.1. The molecule has 1 saturated heterocycles. The summed E-state index contributed by atoms with van der Waals surface area (Å²) in [6.07, 6.45) is 5.75. The van der Waals surface area contributed by atoms with Gasteiger partial charge in [0.1, 0.15) is 5.01 Å². The summed E-state index contributed by atoms with van der Waals surface area (Å²) < 4.78 is 5.77. The molecule has 1 unspecified atom stereocenters. The lowest BCUT2D eigenvalue weighted by atomic mass is 10.0. The number of aryl methyl sites for hydroxylation is 1. The summed E-state index contributed by atoms with van der Waals surface area (Å²) in [5.74, 6) is -0.0228. The molecule has 1 atom stereocenters. The number of nitrogens with zero attached hydrogens (tertiary/aromatic N) is 5. The Morgan fingerprint density at radius 2 is 2.03 bits per heavy atom. The molecule has 1 aliphatic rings. The zero-order valence-corrected chi connectivity index (χ0v) is 18.5. The molecule has 1 fully saturated rings. The molecule has 1 amide bonds. The third kappa shape index (κ3) is 4.19. The monoisotopic (exact) mass is 445 g/mol. The minimum atomic E-state index is -0.0539. The fraction of sp³-hybridized carbons (Fsp3) is 0.250. The lowest BCUT2D eigenvalue weighted by Crippen LogP contribution is -2.50. The van der Waals surface area contributed by atoms with Crippen LogP contribution in [0.4, 0.5) is 0 Å². The molecule has 7 nitrogen and oxygen atoms in total. The molecule has 4 aromatic rings. The summed E-state index contributed by atoms with van der Waals surface area (Å²) in [6, 6.07) is 14.1. The first-order valence-corrected chi connectivity index (χ1v) is 11.4. The smallest absolute Gasteiger partial charge is 0.256 e. The molecule has 8 heteroatoms. The maximum atomic E-state index is 13.7. The molecular formula is C24H23N5O2S. The van der Waals surface area contributed by atoms with E-state index in [1.165, 1.54) is 4.80 Å². The lowest BCUT2D eigenvalue weighted by molar-refractivity contribution is -0.00165. The number of benzene rings is 2. The molecule has 0 aliphatic carbocycles. The maximum absolute atomic E-state index is 13.7. The first-order valence-electron chi connectivity index (χ1n) is 10.5. The van der Waals surface area contributed by atoms with Crippen molar-refractivity contribution in [3.05, 3.63) is 83.1 Å². The van der Waals surface area contributed by atoms with E-state index in [0.29, 0.717) is 37.4 Å². The number of morpholine rings is 1. The van der Waals surface area contributed by atoms with E-state index in [0.717, 1.165) is 21.7 Å². The number of hydrogen-bond donors (Lipinski definition) is 0. The minimum absolute atomic E-state index is 0.0228. The Bertz CT molecular complexity index is 1210. The summed E-state index contributed by atoms with van der Waals surface area (Å²) in [4.78, 5) is 21.6. The predicted molar refractivity (Wildman–Crippen MR) is 123 cm³/mol. The fourth-order valence-corrected chi connectivity index (χ4v) is 4.69. The molecule has 0 saturated carbocycles. The molecule has 2 aromatic heterocycles. The van der Waals surface area contributed by atoms with Crippen molar-refractivity contribution in [1.29, 1.82) is 0 Å². The van der Waals surface area contributed by atoms with Gasteiger partial charge in [-0.15, -0.1) is 11.3 Å². The van der Waals surface area contributed by atoms with Crippen molar-refractivity contribution in [2.75, 3.05) is 19.8 Å². The lowest BCUT2D eigenvalue weighted by Gasteiger charge is -2.36. The van der Waals surface area contributed by atoms with Gasteiger partial charge in [0.05, 0.1) is 42.9 Å². The number of aromatic nitrogens is 4. The van der Waals surface area contributed by atoms with Crippen LogP contribution >= 0.6 is 11.3 Å². The molecule has 0 radical (unpaired) electrons. The Hall–Kier alpha value is -3.36. The van der Waals surface area contributed by atoms with Gasteiger partial charge in [-0.2, -0.15) is 15.0 Å². The van der Waals surface area contributed by atoms with Crippen LogP contribution in [0.3, 0.4) is 0 Å². The Kier molecular flexibility index (Phi) is 5.79. The largest absolute Gasteiger partial charge is 0.377 e. The maximum Gasteiger partial charge on any atom is 0.256 e. The van der Waals surface area contributed by atoms with Crippen LogP contribution < -0.4 is 0 Å². The molecule has 0 bridgehead atoms. The number of ether oxygens (including phenoxy) is 1. The average Bonchev–Trinajstić information content (AvgIpc) is 3.54. The van der Waals surface area contributed by atoms with Crippen molar-refractivity contribution < 1.29 is 9.53 Å². The molecule has 1 aliphatic heterocycles. The number of carbonyl (C=O) groups is 1. The molecule has 5 rings (SSSR count). The number of amides is 1. The van der Waals surface area contributed by atoms with E-state index in [9.17, 15) is 4.79 Å². The van der Waals surface area contributed by atoms with Crippen LogP contribution in [-0.2, 0) is 11.2 Å². The minimum Gasteiger partial charge on any atom is -0.377 e. The fourth-order valence-electron chi connectivity index (χ4n) is 4.05. The average molecular weight is 446 g/mol. The van der Waals surface area contributed by atoms with Gasteiger partial charge in [0.2, 0.25) is 0 Å². The summed E-state index contributed by atoms with van der Waals surface area (Å²) in [5.41, 5.74) is 4.55. The van der Waals surface area contributed by atoms with Gasteiger partial charge in [0.25, 0.3) is 5.91 Å². The first kappa shape index (κ1) is 20.5. The first-order chi connectivity index (χ1) is 15.7. The highest BCUT2D eigenvalue weighted by Crippen LogP contribution is 2.25. The van der Waals surface area contributed by atoms with Gasteiger partial charge in [0, 0.05) is 23.7 Å². The van der Waals surface area contributed by atoms with Crippen molar-refractivity contribution in [1.82, 2.24) is 24.9 Å². The number of thiazole rings is 1. The van der Waals surface area contributed by atoms with Crippen molar-refractivity contribution in [2.45, 2.75) is 19.4 Å². The second-order valence-electron chi connectivity index (χ2n) is 7.81. The van der Waals surface area contributed by atoms with Crippen molar-refractivity contribution in [3.63, 3.8) is 0 Å². The summed E-state index contributed by atoms with van der Waals surface area (Å²) in [6.45, 7) is 3.57. The Balaban J connectivity index is 1.43. The van der Waals surface area contributed by atoms with Gasteiger partial charge in [-0.3, -0.25) is 4.79 Å². The Morgan fingerprint density at radius 1 is 1.16 bits per heavy atom. The quantitative estimate of drug-likeness (QED) is 0.467. The van der Waals surface area contributed by atoms with Crippen molar-refractivity contribution in [3.8, 4) is 16.3 Å². The van der Waals surface area contributed by atoms with Crippen LogP contribution in [0.2, 0.25) is 0 Å². The summed E-state index contributed by atoms with van der Waals surface area (Å²) in [7, 11) is 0. The van der Waals surface area contributed by atoms with E-state index in [2.05, 4.69) is 33.4 Å².